The summed E-state index contributed by atoms with van der Waals surface area (Å²) in [6.45, 7) is 8.70. The van der Waals surface area contributed by atoms with Crippen molar-refractivity contribution >= 4 is 23.5 Å². The van der Waals surface area contributed by atoms with Crippen molar-refractivity contribution in [2.45, 2.75) is 133 Å². The summed E-state index contributed by atoms with van der Waals surface area (Å²) in [6.07, 6.45) is 3.84. The Hall–Kier alpha value is -3.63. The molecule has 4 N–H and O–H groups in total. The molecule has 5 rings (SSSR count). The summed E-state index contributed by atoms with van der Waals surface area (Å²) in [5.74, 6) is -4.01. The topological polar surface area (TPSA) is 189 Å². The fraction of sp³-hybridized carbons (Fsp3) is 0.625. The molecule has 14 nitrogen and oxygen atoms in total. The van der Waals surface area contributed by atoms with E-state index in [-0.39, 0.29) is 60.4 Å². The van der Waals surface area contributed by atoms with Gasteiger partial charge >= 0.3 is 11.9 Å². The molecule has 1 aromatic carbocycles. The highest BCUT2D eigenvalue weighted by Gasteiger charge is 2.57. The van der Waals surface area contributed by atoms with Crippen LogP contribution in [0.1, 0.15) is 88.9 Å². The molecule has 0 radical (unpaired) electrons. The van der Waals surface area contributed by atoms with Gasteiger partial charge in [0.25, 0.3) is 0 Å². The molecule has 9 atom stereocenters. The number of hydrogen-bond donors (Lipinski definition) is 4. The van der Waals surface area contributed by atoms with Gasteiger partial charge in [0, 0.05) is 36.9 Å². The Morgan fingerprint density at radius 3 is 2.50 bits per heavy atom. The zero-order valence-electron chi connectivity index (χ0n) is 31.6. The number of benzene rings is 1. The normalized spacial score (nSPS) is 34.8. The summed E-state index contributed by atoms with van der Waals surface area (Å²) in [7, 11) is 1.20. The molecule has 4 heterocycles. The van der Waals surface area contributed by atoms with Gasteiger partial charge in [0.2, 0.25) is 11.7 Å². The van der Waals surface area contributed by atoms with Crippen LogP contribution in [0.2, 0.25) is 0 Å². The van der Waals surface area contributed by atoms with Crippen molar-refractivity contribution in [3.8, 4) is 0 Å². The molecule has 2 unspecified atom stereocenters. The number of esters is 2. The molecule has 0 aliphatic carbocycles. The van der Waals surface area contributed by atoms with Gasteiger partial charge in [-0.1, -0.05) is 32.6 Å². The zero-order chi connectivity index (χ0) is 39.0. The molecular weight excluding hydrogens is 702 g/mol. The number of anilines is 1. The summed E-state index contributed by atoms with van der Waals surface area (Å²) in [5.41, 5.74) is -0.731. The predicted octanol–water partition coefficient (Wildman–Crippen LogP) is 4.23. The number of aliphatic hydroxyl groups is 3. The molecule has 298 valence electrons. The number of carbonyl (C=O) groups is 3. The van der Waals surface area contributed by atoms with Crippen LogP contribution in [-0.2, 0) is 42.7 Å². The molecule has 6 bridgehead atoms. The van der Waals surface area contributed by atoms with E-state index >= 15 is 0 Å². The second-order valence-corrected chi connectivity index (χ2v) is 15.1. The number of fused-ring (bicyclic) bond motifs is 6. The van der Waals surface area contributed by atoms with E-state index in [2.05, 4.69) is 11.9 Å². The molecule has 1 aromatic rings. The van der Waals surface area contributed by atoms with Gasteiger partial charge in [-0.15, -0.1) is 0 Å². The second-order valence-electron chi connectivity index (χ2n) is 15.1. The van der Waals surface area contributed by atoms with Crippen molar-refractivity contribution < 1.29 is 62.9 Å². The first-order valence-electron chi connectivity index (χ1n) is 18.7. The van der Waals surface area contributed by atoms with Crippen LogP contribution in [-0.4, -0.2) is 108 Å². The average Bonchev–Trinajstić information content (AvgIpc) is 3.11. The molecule has 3 fully saturated rings. The molecule has 54 heavy (non-hydrogen) atoms. The lowest BCUT2D eigenvalue weighted by molar-refractivity contribution is -0.324. The SMILES string of the molecule is C=C1C[C@H](O)C[C@@H]2CCC[C@H](C[C@@H]3CCO[C@H](/C=C/C(C)(C)[C@]4(O)OC(C/C(=C\C(=O)OC)[C@@H]4OC(=O)c4cccc(NC(C)=O)c4)CC(CO)O1)O3)O2. The van der Waals surface area contributed by atoms with Crippen molar-refractivity contribution in [1.29, 1.82) is 0 Å². The Bertz CT molecular complexity index is 1560. The van der Waals surface area contributed by atoms with Crippen molar-refractivity contribution in [3.63, 3.8) is 0 Å². The Morgan fingerprint density at radius 1 is 1.04 bits per heavy atom. The predicted molar refractivity (Wildman–Crippen MR) is 195 cm³/mol. The maximum atomic E-state index is 13.8. The third-order valence-corrected chi connectivity index (χ3v) is 10.3. The highest BCUT2D eigenvalue weighted by Crippen LogP contribution is 2.47. The van der Waals surface area contributed by atoms with Gasteiger partial charge in [0.1, 0.15) is 6.10 Å². The number of ether oxygens (including phenoxy) is 7. The maximum absolute atomic E-state index is 13.8. The molecule has 3 saturated heterocycles. The number of methoxy groups -OCH3 is 1. The number of carbonyl (C=O) groups excluding carboxylic acids is 3. The third kappa shape index (κ3) is 10.8. The average molecular weight is 758 g/mol. The molecule has 14 heteroatoms. The van der Waals surface area contributed by atoms with Gasteiger partial charge in [-0.05, 0) is 74.8 Å². The van der Waals surface area contributed by atoms with Crippen LogP contribution in [0.4, 0.5) is 5.69 Å². The standard InChI is InChI=1S/C40H55NO13/c1-24-16-29(44)20-30-10-7-11-31(51-30)21-32-13-15-49-36(52-32)12-14-39(3,4)40(47)37(53-38(46)26-8-6-9-28(17-26)41-25(2)43)27(19-35(45)48-5)18-33(54-40)22-34(23-42)50-24/h6,8-9,12,14,17,19,29-34,36-37,42,44,47H,1,7,10-11,13,15-16,18,20-23H2,2-5H3,(H,41,43)/b14-12+,27-19+/t29-,30-,31+,32-,33?,34?,36-,37-,40+/m0/s1. The van der Waals surface area contributed by atoms with E-state index in [0.29, 0.717) is 31.6 Å². The number of amides is 1. The lowest BCUT2D eigenvalue weighted by Gasteiger charge is -2.51. The van der Waals surface area contributed by atoms with Crippen LogP contribution in [0.15, 0.2) is 60.4 Å². The van der Waals surface area contributed by atoms with Crippen LogP contribution < -0.4 is 5.32 Å². The number of rotatable bonds is 5. The lowest BCUT2D eigenvalue weighted by atomic mass is 9.74. The van der Waals surface area contributed by atoms with Crippen molar-refractivity contribution in [3.05, 3.63) is 66.0 Å². The fourth-order valence-electron chi connectivity index (χ4n) is 7.54. The first-order valence-corrected chi connectivity index (χ1v) is 18.7. The Balaban J connectivity index is 1.52. The Kier molecular flexibility index (Phi) is 14.1. The number of aliphatic hydroxyl groups excluding tert-OH is 2. The molecule has 0 spiro atoms. The van der Waals surface area contributed by atoms with Crippen LogP contribution in [0.3, 0.4) is 0 Å². The van der Waals surface area contributed by atoms with Gasteiger partial charge in [-0.2, -0.15) is 0 Å². The summed E-state index contributed by atoms with van der Waals surface area (Å²) < 4.78 is 42.2. The zero-order valence-corrected chi connectivity index (χ0v) is 31.6. The van der Waals surface area contributed by atoms with E-state index in [1.54, 1.807) is 38.1 Å². The Morgan fingerprint density at radius 2 is 1.78 bits per heavy atom. The van der Waals surface area contributed by atoms with Gasteiger partial charge in [-0.25, -0.2) is 9.59 Å². The lowest BCUT2D eigenvalue weighted by Crippen LogP contribution is -2.62. The smallest absolute Gasteiger partial charge is 0.339 e. The van der Waals surface area contributed by atoms with Gasteiger partial charge in [0.05, 0.1) is 62.2 Å². The molecule has 0 saturated carbocycles. The minimum Gasteiger partial charge on any atom is -0.493 e. The molecular formula is C40H55NO13. The van der Waals surface area contributed by atoms with Crippen LogP contribution >= 0.6 is 0 Å². The van der Waals surface area contributed by atoms with E-state index in [1.165, 1.54) is 26.2 Å². The maximum Gasteiger partial charge on any atom is 0.339 e. The highest BCUT2D eigenvalue weighted by atomic mass is 16.7. The summed E-state index contributed by atoms with van der Waals surface area (Å²) in [5, 5.41) is 36.8. The minimum atomic E-state index is -2.33. The minimum absolute atomic E-state index is 0.0211. The number of nitrogens with one attached hydrogen (secondary N) is 1. The summed E-state index contributed by atoms with van der Waals surface area (Å²) in [4.78, 5) is 38.3. The van der Waals surface area contributed by atoms with E-state index in [0.717, 1.165) is 25.3 Å². The highest BCUT2D eigenvalue weighted by molar-refractivity contribution is 5.94. The van der Waals surface area contributed by atoms with Crippen molar-refractivity contribution in [1.82, 2.24) is 0 Å². The van der Waals surface area contributed by atoms with E-state index in [9.17, 15) is 29.7 Å². The van der Waals surface area contributed by atoms with E-state index in [4.69, 9.17) is 33.2 Å². The molecule has 0 aromatic heterocycles. The molecule has 1 amide bonds. The van der Waals surface area contributed by atoms with E-state index in [1.807, 2.05) is 0 Å². The van der Waals surface area contributed by atoms with Crippen LogP contribution in [0, 0.1) is 5.41 Å². The monoisotopic (exact) mass is 757 g/mol. The first-order chi connectivity index (χ1) is 25.7. The first kappa shape index (κ1) is 41.5. The molecule has 4 aliphatic rings. The number of hydrogen-bond acceptors (Lipinski definition) is 13. The molecule has 4 aliphatic heterocycles. The third-order valence-electron chi connectivity index (χ3n) is 10.3. The van der Waals surface area contributed by atoms with Crippen LogP contribution in [0.25, 0.3) is 0 Å². The summed E-state index contributed by atoms with van der Waals surface area (Å²) in [6, 6.07) is 6.11. The summed E-state index contributed by atoms with van der Waals surface area (Å²) >= 11 is 0. The van der Waals surface area contributed by atoms with Gasteiger partial charge in [0.15, 0.2) is 12.4 Å². The second kappa shape index (κ2) is 18.3. The largest absolute Gasteiger partial charge is 0.493 e. The van der Waals surface area contributed by atoms with Crippen molar-refractivity contribution in [2.24, 2.45) is 5.41 Å². The van der Waals surface area contributed by atoms with Crippen molar-refractivity contribution in [2.75, 3.05) is 25.6 Å². The Labute approximate surface area is 316 Å². The van der Waals surface area contributed by atoms with Crippen LogP contribution in [0.5, 0.6) is 0 Å². The van der Waals surface area contributed by atoms with E-state index < -0.39 is 60.5 Å². The fourth-order valence-corrected chi connectivity index (χ4v) is 7.54. The van der Waals surface area contributed by atoms with Gasteiger partial charge < -0.3 is 53.8 Å². The quantitative estimate of drug-likeness (QED) is 0.190. The van der Waals surface area contributed by atoms with Gasteiger partial charge in [-0.3, -0.25) is 4.79 Å².